The van der Waals surface area contributed by atoms with Crippen LogP contribution in [0.5, 0.6) is 0 Å². The largest absolute Gasteiger partial charge is 0.373 e. The summed E-state index contributed by atoms with van der Waals surface area (Å²) in [5.74, 6) is -5.93. The topological polar surface area (TPSA) is 21.3 Å². The highest BCUT2D eigenvalue weighted by molar-refractivity contribution is 5.22. The molecule has 0 aromatic heterocycles. The maximum atomic E-state index is 13.5. The van der Waals surface area contributed by atoms with E-state index in [9.17, 15) is 26.3 Å². The Morgan fingerprint density at radius 3 is 2.40 bits per heavy atom. The Kier molecular flexibility index (Phi) is 5.82. The molecule has 2 nitrogen and oxygen atoms in total. The van der Waals surface area contributed by atoms with Gasteiger partial charge in [-0.1, -0.05) is 6.07 Å². The molecule has 1 unspecified atom stereocenters. The van der Waals surface area contributed by atoms with Gasteiger partial charge < -0.3 is 10.1 Å². The Balaban J connectivity index is 2.64. The number of likely N-dealkylation sites (N-methyl/N-ethyl adjacent to an activating group) is 1. The number of hydrogen-bond acceptors (Lipinski definition) is 2. The minimum Gasteiger partial charge on any atom is -0.373 e. The summed E-state index contributed by atoms with van der Waals surface area (Å²) in [4.78, 5) is 0. The molecule has 0 saturated carbocycles. The van der Waals surface area contributed by atoms with E-state index in [1.54, 1.807) is 0 Å². The SMILES string of the molecule is CNC(COCC(F)(F)C(F)F)c1ccc(F)cc1F. The van der Waals surface area contributed by atoms with Crippen molar-refractivity contribution in [3.63, 3.8) is 0 Å². The maximum absolute atomic E-state index is 13.5. The molecule has 0 amide bonds. The van der Waals surface area contributed by atoms with Crippen molar-refractivity contribution in [1.29, 1.82) is 0 Å². The summed E-state index contributed by atoms with van der Waals surface area (Å²) >= 11 is 0. The number of hydrogen-bond donors (Lipinski definition) is 1. The molecule has 0 aliphatic rings. The van der Waals surface area contributed by atoms with E-state index < -0.39 is 43.2 Å². The minimum atomic E-state index is -4.26. The van der Waals surface area contributed by atoms with Gasteiger partial charge >= 0.3 is 12.3 Å². The van der Waals surface area contributed by atoms with Crippen LogP contribution in [-0.2, 0) is 4.74 Å². The van der Waals surface area contributed by atoms with Gasteiger partial charge in [0.1, 0.15) is 18.2 Å². The zero-order valence-corrected chi connectivity index (χ0v) is 10.5. The molecule has 0 aliphatic carbocycles. The summed E-state index contributed by atoms with van der Waals surface area (Å²) < 4.78 is 79.7. The summed E-state index contributed by atoms with van der Waals surface area (Å²) in [5.41, 5.74) is -0.00531. The van der Waals surface area contributed by atoms with Crippen LogP contribution >= 0.6 is 0 Å². The van der Waals surface area contributed by atoms with E-state index in [-0.39, 0.29) is 5.56 Å². The summed E-state index contributed by atoms with van der Waals surface area (Å²) in [5, 5.41) is 2.57. The number of alkyl halides is 4. The maximum Gasteiger partial charge on any atom is 0.330 e. The molecule has 8 heteroatoms. The Hall–Kier alpha value is -1.28. The van der Waals surface area contributed by atoms with Crippen molar-refractivity contribution in [2.75, 3.05) is 20.3 Å². The lowest BCUT2D eigenvalue weighted by atomic mass is 10.1. The van der Waals surface area contributed by atoms with E-state index in [1.165, 1.54) is 7.05 Å². The second kappa shape index (κ2) is 6.94. The molecule has 1 N–H and O–H groups in total. The van der Waals surface area contributed by atoms with E-state index in [2.05, 4.69) is 10.1 Å². The minimum absolute atomic E-state index is 0.00531. The van der Waals surface area contributed by atoms with Crippen LogP contribution < -0.4 is 5.32 Å². The monoisotopic (exact) mass is 301 g/mol. The third-order valence-corrected chi connectivity index (χ3v) is 2.58. The summed E-state index contributed by atoms with van der Waals surface area (Å²) in [6.45, 7) is -1.94. The van der Waals surface area contributed by atoms with Gasteiger partial charge in [-0.25, -0.2) is 17.6 Å². The highest BCUT2D eigenvalue weighted by atomic mass is 19.3. The molecule has 0 bridgehead atoms. The molecule has 0 radical (unpaired) electrons. The van der Waals surface area contributed by atoms with Gasteiger partial charge in [0.25, 0.3) is 0 Å². The van der Waals surface area contributed by atoms with E-state index in [1.807, 2.05) is 0 Å². The summed E-state index contributed by atoms with van der Waals surface area (Å²) in [7, 11) is 1.40. The van der Waals surface area contributed by atoms with Gasteiger partial charge in [0.15, 0.2) is 0 Å². The standard InChI is InChI=1S/C12H13F6NO/c1-19-10(5-20-6-12(17,18)11(15)16)8-3-2-7(13)4-9(8)14/h2-4,10-11,19H,5-6H2,1H3. The normalized spacial score (nSPS) is 13.8. The van der Waals surface area contributed by atoms with Crippen molar-refractivity contribution in [3.05, 3.63) is 35.4 Å². The first kappa shape index (κ1) is 16.8. The van der Waals surface area contributed by atoms with E-state index in [0.717, 1.165) is 12.1 Å². The number of ether oxygens (including phenoxy) is 1. The quantitative estimate of drug-likeness (QED) is 0.781. The van der Waals surface area contributed by atoms with Crippen molar-refractivity contribution in [2.45, 2.75) is 18.4 Å². The predicted octanol–water partition coefficient (Wildman–Crippen LogP) is 3.14. The fraction of sp³-hybridized carbons (Fsp3) is 0.500. The van der Waals surface area contributed by atoms with Gasteiger partial charge in [0.05, 0.1) is 12.6 Å². The molecule has 20 heavy (non-hydrogen) atoms. The van der Waals surface area contributed by atoms with Gasteiger partial charge in [0, 0.05) is 11.6 Å². The van der Waals surface area contributed by atoms with Crippen LogP contribution in [0.3, 0.4) is 0 Å². The predicted molar refractivity (Wildman–Crippen MR) is 59.9 cm³/mol. The van der Waals surface area contributed by atoms with E-state index >= 15 is 0 Å². The highest BCUT2D eigenvalue weighted by Gasteiger charge is 2.41. The zero-order chi connectivity index (χ0) is 15.3. The van der Waals surface area contributed by atoms with Gasteiger partial charge in [-0.05, 0) is 13.1 Å². The van der Waals surface area contributed by atoms with Crippen LogP contribution in [0.25, 0.3) is 0 Å². The average molecular weight is 301 g/mol. The molecule has 1 atom stereocenters. The molecule has 0 saturated heterocycles. The molecule has 114 valence electrons. The highest BCUT2D eigenvalue weighted by Crippen LogP contribution is 2.24. The van der Waals surface area contributed by atoms with Crippen LogP contribution in [0.4, 0.5) is 26.3 Å². The summed E-state index contributed by atoms with van der Waals surface area (Å²) in [6, 6.07) is 1.90. The van der Waals surface area contributed by atoms with Gasteiger partial charge in [-0.3, -0.25) is 0 Å². The molecule has 0 spiro atoms. The first-order chi connectivity index (χ1) is 9.27. The average Bonchev–Trinajstić information content (AvgIpc) is 2.35. The van der Waals surface area contributed by atoms with E-state index in [0.29, 0.717) is 6.07 Å². The molecule has 1 aromatic rings. The number of benzene rings is 1. The van der Waals surface area contributed by atoms with Crippen molar-refractivity contribution in [2.24, 2.45) is 0 Å². The lowest BCUT2D eigenvalue weighted by molar-refractivity contribution is -0.167. The molecule has 0 fully saturated rings. The zero-order valence-electron chi connectivity index (χ0n) is 10.5. The van der Waals surface area contributed by atoms with Crippen molar-refractivity contribution in [3.8, 4) is 0 Å². The number of rotatable bonds is 7. The Morgan fingerprint density at radius 2 is 1.90 bits per heavy atom. The van der Waals surface area contributed by atoms with Crippen molar-refractivity contribution >= 4 is 0 Å². The van der Waals surface area contributed by atoms with Crippen LogP contribution in [0, 0.1) is 11.6 Å². The van der Waals surface area contributed by atoms with Crippen molar-refractivity contribution in [1.82, 2.24) is 5.32 Å². The fourth-order valence-electron chi connectivity index (χ4n) is 1.49. The number of halogens is 6. The molecule has 1 aromatic carbocycles. The first-order valence-corrected chi connectivity index (χ1v) is 5.64. The molecule has 1 rings (SSSR count). The first-order valence-electron chi connectivity index (χ1n) is 5.64. The van der Waals surface area contributed by atoms with Gasteiger partial charge in [-0.15, -0.1) is 0 Å². The smallest absolute Gasteiger partial charge is 0.330 e. The van der Waals surface area contributed by atoms with Crippen LogP contribution in [0.2, 0.25) is 0 Å². The van der Waals surface area contributed by atoms with Gasteiger partial charge in [-0.2, -0.15) is 8.78 Å². The fourth-order valence-corrected chi connectivity index (χ4v) is 1.49. The van der Waals surface area contributed by atoms with Crippen molar-refractivity contribution < 1.29 is 31.1 Å². The summed E-state index contributed by atoms with van der Waals surface area (Å²) in [6.07, 6.45) is -3.84. The lowest BCUT2D eigenvalue weighted by Gasteiger charge is -2.20. The molecular weight excluding hydrogens is 288 g/mol. The van der Waals surface area contributed by atoms with Gasteiger partial charge in [0.2, 0.25) is 0 Å². The second-order valence-corrected chi connectivity index (χ2v) is 4.08. The third-order valence-electron chi connectivity index (χ3n) is 2.58. The second-order valence-electron chi connectivity index (χ2n) is 4.08. The molecule has 0 heterocycles. The Morgan fingerprint density at radius 1 is 1.25 bits per heavy atom. The molecular formula is C12H13F6NO. The van der Waals surface area contributed by atoms with Crippen LogP contribution in [0.1, 0.15) is 11.6 Å². The number of nitrogens with one attached hydrogen (secondary N) is 1. The molecule has 0 aliphatic heterocycles. The van der Waals surface area contributed by atoms with E-state index in [4.69, 9.17) is 0 Å². The lowest BCUT2D eigenvalue weighted by Crippen LogP contribution is -2.34. The Labute approximate surface area is 111 Å². The Bertz CT molecular complexity index is 440. The van der Waals surface area contributed by atoms with Crippen LogP contribution in [-0.4, -0.2) is 32.6 Å². The third kappa shape index (κ3) is 4.38. The van der Waals surface area contributed by atoms with Crippen LogP contribution in [0.15, 0.2) is 18.2 Å².